The number of aromatic nitrogens is 2. The number of rotatable bonds is 4. The molecule has 1 fully saturated rings. The molecule has 3 heterocycles. The smallest absolute Gasteiger partial charge is 0.263 e. The number of carbonyl (C=O) groups is 1. The van der Waals surface area contributed by atoms with Gasteiger partial charge in [-0.05, 0) is 49.4 Å². The van der Waals surface area contributed by atoms with Crippen molar-refractivity contribution < 1.29 is 9.18 Å². The fourth-order valence-electron chi connectivity index (χ4n) is 3.93. The molecule has 1 amide bonds. The van der Waals surface area contributed by atoms with Crippen LogP contribution in [0.4, 0.5) is 10.2 Å². The van der Waals surface area contributed by atoms with Crippen molar-refractivity contribution in [3.05, 3.63) is 75.1 Å². The zero-order valence-corrected chi connectivity index (χ0v) is 18.1. The number of carbonyl (C=O) groups excluding carboxylic acids is 1. The van der Waals surface area contributed by atoms with Crippen LogP contribution in [0.25, 0.3) is 0 Å². The summed E-state index contributed by atoms with van der Waals surface area (Å²) < 4.78 is 13.7. The number of hydrogen-bond donors (Lipinski definition) is 0. The van der Waals surface area contributed by atoms with Gasteiger partial charge in [0.2, 0.25) is 0 Å². The highest BCUT2D eigenvalue weighted by Gasteiger charge is 2.24. The summed E-state index contributed by atoms with van der Waals surface area (Å²) in [7, 11) is 0. The molecule has 0 unspecified atom stereocenters. The molecule has 5 nitrogen and oxygen atoms in total. The van der Waals surface area contributed by atoms with E-state index in [1.807, 2.05) is 42.3 Å². The second kappa shape index (κ2) is 8.92. The van der Waals surface area contributed by atoms with Gasteiger partial charge in [0.1, 0.15) is 17.5 Å². The molecule has 0 spiro atoms. The SMILES string of the molecule is Cc1nc(C)c(Cc2cccc(F)c2)c(N2CCCN(C(=O)c3cccs3)CC2)n1. The quantitative estimate of drug-likeness (QED) is 0.629. The lowest BCUT2D eigenvalue weighted by Gasteiger charge is -2.26. The van der Waals surface area contributed by atoms with Gasteiger partial charge in [0.15, 0.2) is 0 Å². The Morgan fingerprint density at radius 3 is 2.73 bits per heavy atom. The van der Waals surface area contributed by atoms with Crippen LogP contribution < -0.4 is 4.90 Å². The summed E-state index contributed by atoms with van der Waals surface area (Å²) in [5.41, 5.74) is 2.83. The van der Waals surface area contributed by atoms with E-state index in [-0.39, 0.29) is 11.7 Å². The molecule has 1 saturated heterocycles. The molecule has 1 aromatic carbocycles. The van der Waals surface area contributed by atoms with E-state index in [9.17, 15) is 9.18 Å². The van der Waals surface area contributed by atoms with Crippen molar-refractivity contribution >= 4 is 23.1 Å². The minimum atomic E-state index is -0.239. The number of thiophene rings is 1. The lowest BCUT2D eigenvalue weighted by Crippen LogP contribution is -2.35. The summed E-state index contributed by atoms with van der Waals surface area (Å²) in [4.78, 5) is 27.0. The van der Waals surface area contributed by atoms with Crippen LogP contribution in [-0.4, -0.2) is 47.0 Å². The Morgan fingerprint density at radius 2 is 1.97 bits per heavy atom. The molecule has 7 heteroatoms. The number of amides is 1. The van der Waals surface area contributed by atoms with Crippen molar-refractivity contribution in [3.63, 3.8) is 0 Å². The van der Waals surface area contributed by atoms with Gasteiger partial charge in [-0.2, -0.15) is 0 Å². The van der Waals surface area contributed by atoms with Crippen LogP contribution in [0, 0.1) is 19.7 Å². The van der Waals surface area contributed by atoms with Crippen molar-refractivity contribution in [3.8, 4) is 0 Å². The predicted octanol–water partition coefficient (Wildman–Crippen LogP) is 4.24. The average molecular weight is 425 g/mol. The Bertz CT molecular complexity index is 1040. The van der Waals surface area contributed by atoms with Crippen molar-refractivity contribution in [2.45, 2.75) is 26.7 Å². The Labute approximate surface area is 180 Å². The maximum absolute atomic E-state index is 13.7. The minimum absolute atomic E-state index is 0.0990. The number of nitrogens with zero attached hydrogens (tertiary/aromatic N) is 4. The van der Waals surface area contributed by atoms with Gasteiger partial charge in [-0.15, -0.1) is 11.3 Å². The molecule has 0 atom stereocenters. The molecule has 0 saturated carbocycles. The molecule has 1 aliphatic heterocycles. The molecule has 2 aromatic heterocycles. The highest BCUT2D eigenvalue weighted by atomic mass is 32.1. The fourth-order valence-corrected chi connectivity index (χ4v) is 4.62. The van der Waals surface area contributed by atoms with Crippen molar-refractivity contribution in [2.24, 2.45) is 0 Å². The van der Waals surface area contributed by atoms with E-state index in [0.29, 0.717) is 19.5 Å². The lowest BCUT2D eigenvalue weighted by molar-refractivity contribution is 0.0772. The number of aryl methyl sites for hydroxylation is 2. The maximum Gasteiger partial charge on any atom is 0.263 e. The normalized spacial score (nSPS) is 14.6. The van der Waals surface area contributed by atoms with E-state index in [4.69, 9.17) is 4.98 Å². The Morgan fingerprint density at radius 1 is 1.10 bits per heavy atom. The van der Waals surface area contributed by atoms with Crippen molar-refractivity contribution in [2.75, 3.05) is 31.1 Å². The largest absolute Gasteiger partial charge is 0.354 e. The van der Waals surface area contributed by atoms with E-state index in [2.05, 4.69) is 9.88 Å². The van der Waals surface area contributed by atoms with Crippen LogP contribution in [0.15, 0.2) is 41.8 Å². The highest BCUT2D eigenvalue weighted by molar-refractivity contribution is 7.12. The Kier molecular flexibility index (Phi) is 6.08. The van der Waals surface area contributed by atoms with Gasteiger partial charge in [-0.3, -0.25) is 4.79 Å². The molecule has 0 bridgehead atoms. The van der Waals surface area contributed by atoms with Gasteiger partial charge in [0.05, 0.1) is 4.88 Å². The van der Waals surface area contributed by atoms with E-state index >= 15 is 0 Å². The number of hydrogen-bond acceptors (Lipinski definition) is 5. The topological polar surface area (TPSA) is 49.3 Å². The molecule has 0 radical (unpaired) electrons. The highest BCUT2D eigenvalue weighted by Crippen LogP contribution is 2.26. The van der Waals surface area contributed by atoms with Gasteiger partial charge < -0.3 is 9.80 Å². The van der Waals surface area contributed by atoms with Crippen LogP contribution >= 0.6 is 11.3 Å². The van der Waals surface area contributed by atoms with E-state index in [0.717, 1.165) is 52.9 Å². The molecule has 0 N–H and O–H groups in total. The molecule has 156 valence electrons. The standard InChI is InChI=1S/C23H25FN4OS/c1-16-20(15-18-6-3-7-19(24)14-18)22(26-17(2)25-16)27-9-5-10-28(12-11-27)23(29)21-8-4-13-30-21/h3-4,6-8,13-14H,5,9-12,15H2,1-2H3. The van der Waals surface area contributed by atoms with Gasteiger partial charge in [-0.1, -0.05) is 18.2 Å². The molecular weight excluding hydrogens is 399 g/mol. The molecular formula is C23H25FN4OS. The number of anilines is 1. The van der Waals surface area contributed by atoms with Gasteiger partial charge in [-0.25, -0.2) is 14.4 Å². The van der Waals surface area contributed by atoms with E-state index in [1.165, 1.54) is 17.4 Å². The third-order valence-corrected chi connectivity index (χ3v) is 6.25. The summed E-state index contributed by atoms with van der Waals surface area (Å²) in [6.45, 7) is 6.79. The van der Waals surface area contributed by atoms with Crippen LogP contribution in [-0.2, 0) is 6.42 Å². The molecule has 30 heavy (non-hydrogen) atoms. The summed E-state index contributed by atoms with van der Waals surface area (Å²) >= 11 is 1.48. The second-order valence-corrected chi connectivity index (χ2v) is 8.52. The Hall–Kier alpha value is -2.80. The zero-order chi connectivity index (χ0) is 21.1. The summed E-state index contributed by atoms with van der Waals surface area (Å²) in [5, 5.41) is 1.93. The number of halogens is 1. The summed E-state index contributed by atoms with van der Waals surface area (Å²) in [6.07, 6.45) is 1.45. The number of benzene rings is 1. The van der Waals surface area contributed by atoms with Gasteiger partial charge in [0.25, 0.3) is 5.91 Å². The van der Waals surface area contributed by atoms with Crippen molar-refractivity contribution in [1.82, 2.24) is 14.9 Å². The molecule has 1 aliphatic rings. The van der Waals surface area contributed by atoms with Crippen LogP contribution in [0.1, 0.15) is 38.7 Å². The van der Waals surface area contributed by atoms with Gasteiger partial charge >= 0.3 is 0 Å². The summed E-state index contributed by atoms with van der Waals surface area (Å²) in [6, 6.07) is 10.5. The maximum atomic E-state index is 13.7. The first kappa shape index (κ1) is 20.5. The first-order valence-electron chi connectivity index (χ1n) is 10.2. The molecule has 0 aliphatic carbocycles. The Balaban J connectivity index is 1.58. The zero-order valence-electron chi connectivity index (χ0n) is 17.3. The third-order valence-electron chi connectivity index (χ3n) is 5.39. The summed E-state index contributed by atoms with van der Waals surface area (Å²) in [5.74, 6) is 1.48. The minimum Gasteiger partial charge on any atom is -0.354 e. The second-order valence-electron chi connectivity index (χ2n) is 7.58. The van der Waals surface area contributed by atoms with Crippen molar-refractivity contribution in [1.29, 1.82) is 0 Å². The first-order valence-corrected chi connectivity index (χ1v) is 11.1. The van der Waals surface area contributed by atoms with Crippen LogP contribution in [0.2, 0.25) is 0 Å². The lowest BCUT2D eigenvalue weighted by atomic mass is 10.0. The van der Waals surface area contributed by atoms with Crippen LogP contribution in [0.5, 0.6) is 0 Å². The van der Waals surface area contributed by atoms with Crippen LogP contribution in [0.3, 0.4) is 0 Å². The monoisotopic (exact) mass is 424 g/mol. The molecule has 3 aromatic rings. The van der Waals surface area contributed by atoms with Gasteiger partial charge in [0, 0.05) is 43.9 Å². The average Bonchev–Trinajstić information content (AvgIpc) is 3.14. The third kappa shape index (κ3) is 4.51. The van der Waals surface area contributed by atoms with E-state index in [1.54, 1.807) is 12.1 Å². The predicted molar refractivity (Wildman–Crippen MR) is 118 cm³/mol. The fraction of sp³-hybridized carbons (Fsp3) is 0.348. The molecule has 4 rings (SSSR count). The van der Waals surface area contributed by atoms with E-state index < -0.39 is 0 Å². The first-order chi connectivity index (χ1) is 14.5.